The van der Waals surface area contributed by atoms with Gasteiger partial charge in [0.2, 0.25) is 5.91 Å². The van der Waals surface area contributed by atoms with E-state index in [0.29, 0.717) is 39.1 Å². The standard InChI is InChI=1S/C19H26FNO3/c1-14(22)15-5-9-21(10-6-15)18(23)19(7-11-24-12-8-19)16-3-2-4-17(20)13-16/h2-4,13-15,22H,5-12H2,1H3. The predicted molar refractivity (Wildman–Crippen MR) is 89.1 cm³/mol. The summed E-state index contributed by atoms with van der Waals surface area (Å²) in [4.78, 5) is 15.2. The van der Waals surface area contributed by atoms with Gasteiger partial charge in [-0.25, -0.2) is 4.39 Å². The van der Waals surface area contributed by atoms with E-state index < -0.39 is 5.41 Å². The molecule has 132 valence electrons. The lowest BCUT2D eigenvalue weighted by atomic mass is 9.72. The number of hydrogen-bond acceptors (Lipinski definition) is 3. The molecular weight excluding hydrogens is 309 g/mol. The van der Waals surface area contributed by atoms with E-state index in [1.54, 1.807) is 6.07 Å². The van der Waals surface area contributed by atoms with Gasteiger partial charge in [-0.3, -0.25) is 4.79 Å². The molecule has 24 heavy (non-hydrogen) atoms. The molecule has 2 fully saturated rings. The highest BCUT2D eigenvalue weighted by Gasteiger charge is 2.45. The normalized spacial score (nSPS) is 23.0. The van der Waals surface area contributed by atoms with Crippen LogP contribution >= 0.6 is 0 Å². The number of amides is 1. The van der Waals surface area contributed by atoms with E-state index in [4.69, 9.17) is 4.74 Å². The Morgan fingerprint density at radius 1 is 1.33 bits per heavy atom. The van der Waals surface area contributed by atoms with Gasteiger partial charge in [0.05, 0.1) is 11.5 Å². The van der Waals surface area contributed by atoms with Gasteiger partial charge in [-0.1, -0.05) is 12.1 Å². The van der Waals surface area contributed by atoms with Crippen LogP contribution in [0.25, 0.3) is 0 Å². The van der Waals surface area contributed by atoms with E-state index in [1.807, 2.05) is 17.9 Å². The topological polar surface area (TPSA) is 49.8 Å². The maximum absolute atomic E-state index is 13.8. The Morgan fingerprint density at radius 3 is 2.58 bits per heavy atom. The van der Waals surface area contributed by atoms with Crippen LogP contribution in [0.5, 0.6) is 0 Å². The Kier molecular flexibility index (Phi) is 5.21. The number of hydrogen-bond donors (Lipinski definition) is 1. The molecule has 5 heteroatoms. The number of halogens is 1. The summed E-state index contributed by atoms with van der Waals surface area (Å²) < 4.78 is 19.2. The molecule has 1 amide bonds. The van der Waals surface area contributed by atoms with E-state index in [-0.39, 0.29) is 23.7 Å². The van der Waals surface area contributed by atoms with E-state index in [1.165, 1.54) is 12.1 Å². The van der Waals surface area contributed by atoms with Crippen molar-refractivity contribution in [2.24, 2.45) is 5.92 Å². The largest absolute Gasteiger partial charge is 0.393 e. The van der Waals surface area contributed by atoms with Crippen molar-refractivity contribution in [3.05, 3.63) is 35.6 Å². The Morgan fingerprint density at radius 2 is 2.00 bits per heavy atom. The number of nitrogens with zero attached hydrogens (tertiary/aromatic N) is 1. The summed E-state index contributed by atoms with van der Waals surface area (Å²) in [6, 6.07) is 6.44. The van der Waals surface area contributed by atoms with Crippen LogP contribution in [0.3, 0.4) is 0 Å². The third kappa shape index (κ3) is 3.33. The second-order valence-corrected chi connectivity index (χ2v) is 7.08. The van der Waals surface area contributed by atoms with Gasteiger partial charge < -0.3 is 14.7 Å². The number of aliphatic hydroxyl groups excluding tert-OH is 1. The third-order valence-corrected chi connectivity index (χ3v) is 5.64. The average molecular weight is 335 g/mol. The van der Waals surface area contributed by atoms with Gasteiger partial charge in [-0.15, -0.1) is 0 Å². The monoisotopic (exact) mass is 335 g/mol. The molecule has 1 N–H and O–H groups in total. The highest BCUT2D eigenvalue weighted by Crippen LogP contribution is 2.38. The molecule has 1 atom stereocenters. The number of rotatable bonds is 3. The van der Waals surface area contributed by atoms with E-state index in [0.717, 1.165) is 18.4 Å². The van der Waals surface area contributed by atoms with Gasteiger partial charge in [-0.05, 0) is 56.2 Å². The van der Waals surface area contributed by atoms with Gasteiger partial charge in [0.15, 0.2) is 0 Å². The van der Waals surface area contributed by atoms with Crippen molar-refractivity contribution in [3.8, 4) is 0 Å². The first-order chi connectivity index (χ1) is 11.5. The first kappa shape index (κ1) is 17.4. The minimum atomic E-state index is -0.683. The van der Waals surface area contributed by atoms with Crippen LogP contribution < -0.4 is 0 Å². The first-order valence-electron chi connectivity index (χ1n) is 8.84. The Hall–Kier alpha value is -1.46. The third-order valence-electron chi connectivity index (χ3n) is 5.64. The summed E-state index contributed by atoms with van der Waals surface area (Å²) >= 11 is 0. The second-order valence-electron chi connectivity index (χ2n) is 7.08. The van der Waals surface area contributed by atoms with Gasteiger partial charge in [0.25, 0.3) is 0 Å². The molecule has 3 rings (SSSR count). The van der Waals surface area contributed by atoms with Crippen molar-refractivity contribution < 1.29 is 19.0 Å². The fourth-order valence-electron chi connectivity index (χ4n) is 4.02. The van der Waals surface area contributed by atoms with Gasteiger partial charge in [0.1, 0.15) is 5.82 Å². The fourth-order valence-corrected chi connectivity index (χ4v) is 4.02. The highest BCUT2D eigenvalue weighted by atomic mass is 19.1. The number of piperidine rings is 1. The van der Waals surface area contributed by atoms with Crippen LogP contribution in [0.1, 0.15) is 38.2 Å². The molecule has 0 radical (unpaired) electrons. The fraction of sp³-hybridized carbons (Fsp3) is 0.632. The van der Waals surface area contributed by atoms with Crippen molar-refractivity contribution in [2.45, 2.75) is 44.1 Å². The lowest BCUT2D eigenvalue weighted by Gasteiger charge is -2.42. The summed E-state index contributed by atoms with van der Waals surface area (Å²) in [5, 5.41) is 9.75. The van der Waals surface area contributed by atoms with Crippen LogP contribution in [0.2, 0.25) is 0 Å². The van der Waals surface area contributed by atoms with Crippen LogP contribution in [0, 0.1) is 11.7 Å². The molecule has 2 saturated heterocycles. The summed E-state index contributed by atoms with van der Waals surface area (Å²) in [6.07, 6.45) is 2.48. The van der Waals surface area contributed by atoms with E-state index >= 15 is 0 Å². The van der Waals surface area contributed by atoms with Crippen molar-refractivity contribution in [2.75, 3.05) is 26.3 Å². The SMILES string of the molecule is CC(O)C1CCN(C(=O)C2(c3cccc(F)c3)CCOCC2)CC1. The lowest BCUT2D eigenvalue weighted by molar-refractivity contribution is -0.143. The molecule has 0 aliphatic carbocycles. The molecule has 2 aliphatic rings. The van der Waals surface area contributed by atoms with E-state index in [9.17, 15) is 14.3 Å². The number of carbonyl (C=O) groups is 1. The van der Waals surface area contributed by atoms with Gasteiger partial charge in [0, 0.05) is 26.3 Å². The number of aliphatic hydroxyl groups is 1. The van der Waals surface area contributed by atoms with Crippen molar-refractivity contribution in [3.63, 3.8) is 0 Å². The number of ether oxygens (including phenoxy) is 1. The van der Waals surface area contributed by atoms with E-state index in [2.05, 4.69) is 0 Å². The summed E-state index contributed by atoms with van der Waals surface area (Å²) in [7, 11) is 0. The molecule has 0 aromatic heterocycles. The van der Waals surface area contributed by atoms with Gasteiger partial charge in [-0.2, -0.15) is 0 Å². The summed E-state index contributed by atoms with van der Waals surface area (Å²) in [5.41, 5.74) is 0.0753. The molecule has 0 saturated carbocycles. The zero-order chi connectivity index (χ0) is 17.2. The Labute approximate surface area is 142 Å². The van der Waals surface area contributed by atoms with Crippen LogP contribution in [0.15, 0.2) is 24.3 Å². The lowest BCUT2D eigenvalue weighted by Crippen LogP contribution is -2.52. The number of likely N-dealkylation sites (tertiary alicyclic amines) is 1. The number of carbonyl (C=O) groups excluding carboxylic acids is 1. The average Bonchev–Trinajstić information content (AvgIpc) is 2.62. The molecule has 0 spiro atoms. The second kappa shape index (κ2) is 7.19. The maximum Gasteiger partial charge on any atom is 0.233 e. The van der Waals surface area contributed by atoms with Gasteiger partial charge >= 0.3 is 0 Å². The van der Waals surface area contributed by atoms with Crippen molar-refractivity contribution >= 4 is 5.91 Å². The quantitative estimate of drug-likeness (QED) is 0.923. The minimum Gasteiger partial charge on any atom is -0.393 e. The molecule has 1 aromatic rings. The summed E-state index contributed by atoms with van der Waals surface area (Å²) in [5.74, 6) is 0.0354. The minimum absolute atomic E-state index is 0.0837. The van der Waals surface area contributed by atoms with Crippen LogP contribution in [-0.4, -0.2) is 48.3 Å². The zero-order valence-corrected chi connectivity index (χ0v) is 14.2. The molecule has 2 aliphatic heterocycles. The van der Waals surface area contributed by atoms with Crippen molar-refractivity contribution in [1.29, 1.82) is 0 Å². The maximum atomic E-state index is 13.8. The Bertz CT molecular complexity index is 576. The molecule has 1 aromatic carbocycles. The molecule has 0 bridgehead atoms. The van der Waals surface area contributed by atoms with Crippen LogP contribution in [-0.2, 0) is 14.9 Å². The molecule has 1 unspecified atom stereocenters. The van der Waals surface area contributed by atoms with Crippen molar-refractivity contribution in [1.82, 2.24) is 4.90 Å². The smallest absolute Gasteiger partial charge is 0.233 e. The van der Waals surface area contributed by atoms with Crippen LogP contribution in [0.4, 0.5) is 4.39 Å². The summed E-state index contributed by atoms with van der Waals surface area (Å²) in [6.45, 7) is 4.17. The first-order valence-corrected chi connectivity index (χ1v) is 8.84. The number of benzene rings is 1. The highest BCUT2D eigenvalue weighted by molar-refractivity contribution is 5.88. The molecule has 4 nitrogen and oxygen atoms in total. The molecular formula is C19H26FNO3. The Balaban J connectivity index is 1.83. The zero-order valence-electron chi connectivity index (χ0n) is 14.2. The predicted octanol–water partition coefficient (Wildman–Crippen LogP) is 2.49. The molecule has 2 heterocycles.